The van der Waals surface area contributed by atoms with E-state index < -0.39 is 30.1 Å². The van der Waals surface area contributed by atoms with Crippen LogP contribution in [0.1, 0.15) is 49.4 Å². The molecule has 132 valence electrons. The van der Waals surface area contributed by atoms with E-state index in [2.05, 4.69) is 5.32 Å². The number of carbonyl (C=O) groups is 2. The van der Waals surface area contributed by atoms with Crippen molar-refractivity contribution in [2.45, 2.75) is 62.8 Å². The van der Waals surface area contributed by atoms with E-state index in [1.807, 2.05) is 0 Å². The van der Waals surface area contributed by atoms with Gasteiger partial charge in [-0.15, -0.1) is 11.3 Å². The number of hydrogen-bond donors (Lipinski definition) is 1. The van der Waals surface area contributed by atoms with E-state index in [0.717, 1.165) is 30.6 Å². The zero-order chi connectivity index (χ0) is 17.3. The Bertz CT molecular complexity index is 593. The first-order valence-corrected chi connectivity index (χ1v) is 8.99. The second-order valence-corrected chi connectivity index (χ2v) is 7.33. The Hall–Kier alpha value is -1.57. The molecule has 4 nitrogen and oxygen atoms in total. The summed E-state index contributed by atoms with van der Waals surface area (Å²) in [5.74, 6) is -2.43. The van der Waals surface area contributed by atoms with Crippen molar-refractivity contribution in [3.8, 4) is 0 Å². The first-order chi connectivity index (χ1) is 11.4. The van der Waals surface area contributed by atoms with E-state index in [1.54, 1.807) is 17.5 Å². The number of thiophene rings is 1. The molecule has 2 fully saturated rings. The van der Waals surface area contributed by atoms with Crippen LogP contribution < -0.4 is 5.32 Å². The SMILES string of the molecule is O=C(NC1CCCC1)[C@@H](c1cccs1)N(C(=O)C(F)(F)F)C1CC1. The van der Waals surface area contributed by atoms with Crippen LogP contribution in [0, 0.1) is 0 Å². The normalized spacial score (nSPS) is 20.0. The molecule has 1 atom stereocenters. The van der Waals surface area contributed by atoms with Crippen LogP contribution in [0.2, 0.25) is 0 Å². The number of nitrogens with zero attached hydrogens (tertiary/aromatic N) is 1. The third-order valence-electron chi connectivity index (χ3n) is 4.46. The van der Waals surface area contributed by atoms with Gasteiger partial charge in [-0.2, -0.15) is 13.2 Å². The lowest BCUT2D eigenvalue weighted by Gasteiger charge is -2.31. The van der Waals surface area contributed by atoms with Gasteiger partial charge in [-0.1, -0.05) is 18.9 Å². The molecule has 0 aliphatic heterocycles. The molecule has 24 heavy (non-hydrogen) atoms. The second-order valence-electron chi connectivity index (χ2n) is 6.35. The molecule has 2 aliphatic carbocycles. The van der Waals surface area contributed by atoms with Crippen LogP contribution in [0.4, 0.5) is 13.2 Å². The highest BCUT2D eigenvalue weighted by atomic mass is 32.1. The van der Waals surface area contributed by atoms with E-state index in [0.29, 0.717) is 17.7 Å². The zero-order valence-corrected chi connectivity index (χ0v) is 13.8. The highest BCUT2D eigenvalue weighted by Crippen LogP contribution is 2.39. The minimum Gasteiger partial charge on any atom is -0.351 e. The number of carbonyl (C=O) groups excluding carboxylic acids is 2. The lowest BCUT2D eigenvalue weighted by Crippen LogP contribution is -2.50. The van der Waals surface area contributed by atoms with Crippen molar-refractivity contribution in [3.63, 3.8) is 0 Å². The van der Waals surface area contributed by atoms with Gasteiger partial charge in [0.2, 0.25) is 5.91 Å². The van der Waals surface area contributed by atoms with Gasteiger partial charge in [0.05, 0.1) is 0 Å². The van der Waals surface area contributed by atoms with Crippen LogP contribution >= 0.6 is 11.3 Å². The van der Waals surface area contributed by atoms with Crippen molar-refractivity contribution in [3.05, 3.63) is 22.4 Å². The van der Waals surface area contributed by atoms with Gasteiger partial charge in [0.1, 0.15) is 6.04 Å². The van der Waals surface area contributed by atoms with Gasteiger partial charge in [0, 0.05) is 17.0 Å². The number of hydrogen-bond acceptors (Lipinski definition) is 3. The van der Waals surface area contributed by atoms with Gasteiger partial charge in [0.15, 0.2) is 0 Å². The monoisotopic (exact) mass is 360 g/mol. The summed E-state index contributed by atoms with van der Waals surface area (Å²) in [5, 5.41) is 4.55. The third-order valence-corrected chi connectivity index (χ3v) is 5.38. The van der Waals surface area contributed by atoms with Gasteiger partial charge in [-0.25, -0.2) is 0 Å². The van der Waals surface area contributed by atoms with Gasteiger partial charge >= 0.3 is 12.1 Å². The second kappa shape index (κ2) is 6.74. The molecule has 2 amide bonds. The van der Waals surface area contributed by atoms with Gasteiger partial charge in [0.25, 0.3) is 0 Å². The standard InChI is InChI=1S/C16H19F3N2O2S/c17-16(18,19)15(23)21(11-7-8-11)13(12-6-3-9-24-12)14(22)20-10-4-1-2-5-10/h3,6,9-11,13H,1-2,4-5,7-8H2,(H,20,22)/t13-/m1/s1. The van der Waals surface area contributed by atoms with Gasteiger partial charge in [-0.3, -0.25) is 9.59 Å². The topological polar surface area (TPSA) is 49.4 Å². The maximum atomic E-state index is 13.0. The predicted octanol–water partition coefficient (Wildman–Crippen LogP) is 3.40. The van der Waals surface area contributed by atoms with Crippen molar-refractivity contribution in [1.29, 1.82) is 0 Å². The van der Waals surface area contributed by atoms with Gasteiger partial charge in [-0.05, 0) is 37.1 Å². The lowest BCUT2D eigenvalue weighted by molar-refractivity contribution is -0.189. The van der Waals surface area contributed by atoms with Crippen molar-refractivity contribution >= 4 is 23.2 Å². The molecule has 1 aromatic rings. The van der Waals surface area contributed by atoms with Crippen molar-refractivity contribution in [2.75, 3.05) is 0 Å². The van der Waals surface area contributed by atoms with Gasteiger partial charge < -0.3 is 10.2 Å². The predicted molar refractivity (Wildman–Crippen MR) is 83.4 cm³/mol. The Labute approximate surface area is 142 Å². The molecule has 0 aromatic carbocycles. The average molecular weight is 360 g/mol. The van der Waals surface area contributed by atoms with E-state index in [1.165, 1.54) is 11.3 Å². The summed E-state index contributed by atoms with van der Waals surface area (Å²) in [6.45, 7) is 0. The number of halogens is 3. The summed E-state index contributed by atoms with van der Waals surface area (Å²) in [6.07, 6.45) is -0.309. The van der Waals surface area contributed by atoms with Crippen molar-refractivity contribution in [1.82, 2.24) is 10.2 Å². The van der Waals surface area contributed by atoms with E-state index >= 15 is 0 Å². The molecule has 2 saturated carbocycles. The van der Waals surface area contributed by atoms with Crippen LogP contribution in [0.15, 0.2) is 17.5 Å². The molecular formula is C16H19F3N2O2S. The molecule has 1 N–H and O–H groups in total. The molecule has 0 radical (unpaired) electrons. The van der Waals surface area contributed by atoms with E-state index in [9.17, 15) is 22.8 Å². The van der Waals surface area contributed by atoms with E-state index in [-0.39, 0.29) is 6.04 Å². The Balaban J connectivity index is 1.87. The largest absolute Gasteiger partial charge is 0.471 e. The molecule has 2 aliphatic rings. The highest BCUT2D eigenvalue weighted by Gasteiger charge is 2.51. The highest BCUT2D eigenvalue weighted by molar-refractivity contribution is 7.10. The number of rotatable bonds is 5. The molecular weight excluding hydrogens is 341 g/mol. The fraction of sp³-hybridized carbons (Fsp3) is 0.625. The molecule has 0 unspecified atom stereocenters. The first-order valence-electron chi connectivity index (χ1n) is 8.11. The molecule has 8 heteroatoms. The van der Waals surface area contributed by atoms with Crippen LogP contribution in [0.25, 0.3) is 0 Å². The average Bonchev–Trinajstić information content (AvgIpc) is 2.99. The van der Waals surface area contributed by atoms with Crippen LogP contribution in [0.3, 0.4) is 0 Å². The Kier molecular flexibility index (Phi) is 4.85. The molecule has 1 heterocycles. The summed E-state index contributed by atoms with van der Waals surface area (Å²) >= 11 is 1.20. The Morgan fingerprint density at radius 2 is 1.88 bits per heavy atom. The number of nitrogens with one attached hydrogen (secondary N) is 1. The molecule has 0 saturated heterocycles. The van der Waals surface area contributed by atoms with Crippen LogP contribution in [0.5, 0.6) is 0 Å². The van der Waals surface area contributed by atoms with Crippen molar-refractivity contribution < 1.29 is 22.8 Å². The maximum absolute atomic E-state index is 13.0. The fourth-order valence-corrected chi connectivity index (χ4v) is 4.00. The minimum absolute atomic E-state index is 0.0120. The smallest absolute Gasteiger partial charge is 0.351 e. The fourth-order valence-electron chi connectivity index (χ4n) is 3.18. The maximum Gasteiger partial charge on any atom is 0.471 e. The summed E-state index contributed by atoms with van der Waals surface area (Å²) in [5.41, 5.74) is 0. The summed E-state index contributed by atoms with van der Waals surface area (Å²) in [7, 11) is 0. The Morgan fingerprint density at radius 3 is 2.38 bits per heavy atom. The molecule has 0 bridgehead atoms. The van der Waals surface area contributed by atoms with E-state index in [4.69, 9.17) is 0 Å². The summed E-state index contributed by atoms with van der Waals surface area (Å²) in [6, 6.07) is 1.57. The lowest BCUT2D eigenvalue weighted by atomic mass is 10.1. The zero-order valence-electron chi connectivity index (χ0n) is 13.0. The third kappa shape index (κ3) is 3.74. The molecule has 3 rings (SSSR count). The van der Waals surface area contributed by atoms with Crippen LogP contribution in [-0.2, 0) is 9.59 Å². The van der Waals surface area contributed by atoms with Crippen molar-refractivity contribution in [2.24, 2.45) is 0 Å². The summed E-state index contributed by atoms with van der Waals surface area (Å²) in [4.78, 5) is 25.9. The molecule has 0 spiro atoms. The number of alkyl halides is 3. The quantitative estimate of drug-likeness (QED) is 0.875. The minimum atomic E-state index is -4.98. The molecule has 1 aromatic heterocycles. The Morgan fingerprint density at radius 1 is 1.21 bits per heavy atom. The van der Waals surface area contributed by atoms with Crippen LogP contribution in [-0.4, -0.2) is 35.0 Å². The number of amides is 2. The first kappa shape index (κ1) is 17.3. The summed E-state index contributed by atoms with van der Waals surface area (Å²) < 4.78 is 39.1.